The Balaban J connectivity index is 2.17. The second kappa shape index (κ2) is 3.38. The molecule has 1 aliphatic heterocycles. The van der Waals surface area contributed by atoms with Gasteiger partial charge in [0, 0.05) is 0 Å². The van der Waals surface area contributed by atoms with Crippen LogP contribution in [0.25, 0.3) is 0 Å². The van der Waals surface area contributed by atoms with Crippen molar-refractivity contribution >= 4 is 17.7 Å². The number of halogens is 1. The van der Waals surface area contributed by atoms with Crippen molar-refractivity contribution in [2.75, 3.05) is 0 Å². The van der Waals surface area contributed by atoms with Crippen molar-refractivity contribution in [2.45, 2.75) is 10.9 Å². The molecule has 1 heterocycles. The Morgan fingerprint density at radius 3 is 2.54 bits per heavy atom. The third-order valence-corrected chi connectivity index (χ3v) is 2.95. The summed E-state index contributed by atoms with van der Waals surface area (Å²) in [6.07, 6.45) is 0. The molecule has 4 heteroatoms. The van der Waals surface area contributed by atoms with E-state index < -0.39 is 11.4 Å². The first-order valence-electron chi connectivity index (χ1n) is 3.92. The molecule has 1 aliphatic rings. The normalized spacial score (nSPS) is 27.3. The Hall–Kier alpha value is -1.03. The molecule has 2 atom stereocenters. The quantitative estimate of drug-likeness (QED) is 0.744. The molecule has 13 heavy (non-hydrogen) atoms. The molecule has 1 fully saturated rings. The smallest absolute Gasteiger partial charge is 0.266 e. The predicted molar refractivity (Wildman–Crippen MR) is 49.8 cm³/mol. The molecule has 1 aromatic carbocycles. The molecule has 1 N–H and O–H groups in total. The van der Waals surface area contributed by atoms with Gasteiger partial charge in [0.15, 0.2) is 0 Å². The SMILES string of the molecule is O=C1N[C@@H](c2ccccc2)S[C@H]1F. The minimum Gasteiger partial charge on any atom is -0.337 e. The van der Waals surface area contributed by atoms with Gasteiger partial charge in [0.1, 0.15) is 5.37 Å². The van der Waals surface area contributed by atoms with E-state index in [1.165, 1.54) is 0 Å². The van der Waals surface area contributed by atoms with Gasteiger partial charge >= 0.3 is 0 Å². The van der Waals surface area contributed by atoms with Gasteiger partial charge in [0.05, 0.1) is 0 Å². The molecule has 0 unspecified atom stereocenters. The lowest BCUT2D eigenvalue weighted by atomic mass is 10.2. The number of alkyl halides is 1. The Bertz CT molecular complexity index is 317. The van der Waals surface area contributed by atoms with Crippen molar-refractivity contribution in [3.63, 3.8) is 0 Å². The number of amides is 1. The van der Waals surface area contributed by atoms with E-state index in [1.807, 2.05) is 30.3 Å². The van der Waals surface area contributed by atoms with Gasteiger partial charge in [-0.05, 0) is 5.56 Å². The Morgan fingerprint density at radius 2 is 2.00 bits per heavy atom. The molecular formula is C9H8FNOS. The zero-order valence-electron chi connectivity index (χ0n) is 6.74. The molecule has 2 rings (SSSR count). The number of nitrogens with one attached hydrogen (secondary N) is 1. The van der Waals surface area contributed by atoms with Crippen LogP contribution in [-0.4, -0.2) is 11.4 Å². The second-order valence-electron chi connectivity index (χ2n) is 2.75. The summed E-state index contributed by atoms with van der Waals surface area (Å²) in [6.45, 7) is 0. The maximum Gasteiger partial charge on any atom is 0.266 e. The van der Waals surface area contributed by atoms with Crippen LogP contribution in [0.4, 0.5) is 4.39 Å². The summed E-state index contributed by atoms with van der Waals surface area (Å²) in [6, 6.07) is 9.37. The van der Waals surface area contributed by atoms with Crippen molar-refractivity contribution in [3.05, 3.63) is 35.9 Å². The molecule has 1 aromatic rings. The number of carbonyl (C=O) groups excluding carboxylic acids is 1. The predicted octanol–water partition coefficient (Wildman–Crippen LogP) is 1.84. The molecular weight excluding hydrogens is 189 g/mol. The Kier molecular flexibility index (Phi) is 2.22. The summed E-state index contributed by atoms with van der Waals surface area (Å²) < 4.78 is 12.8. The van der Waals surface area contributed by atoms with E-state index in [1.54, 1.807) is 0 Å². The lowest BCUT2D eigenvalue weighted by Gasteiger charge is -2.07. The number of benzene rings is 1. The van der Waals surface area contributed by atoms with E-state index in [4.69, 9.17) is 0 Å². The van der Waals surface area contributed by atoms with E-state index >= 15 is 0 Å². The fraction of sp³-hybridized carbons (Fsp3) is 0.222. The lowest BCUT2D eigenvalue weighted by Crippen LogP contribution is -2.21. The highest BCUT2D eigenvalue weighted by molar-refractivity contribution is 8.01. The lowest BCUT2D eigenvalue weighted by molar-refractivity contribution is -0.122. The zero-order valence-corrected chi connectivity index (χ0v) is 7.55. The van der Waals surface area contributed by atoms with Crippen molar-refractivity contribution in [1.29, 1.82) is 0 Å². The number of hydrogen-bond donors (Lipinski definition) is 1. The van der Waals surface area contributed by atoms with E-state index in [-0.39, 0.29) is 5.37 Å². The highest BCUT2D eigenvalue weighted by Crippen LogP contribution is 2.35. The van der Waals surface area contributed by atoms with Gasteiger partial charge < -0.3 is 5.32 Å². The number of thioether (sulfide) groups is 1. The van der Waals surface area contributed by atoms with Crippen LogP contribution in [0.15, 0.2) is 30.3 Å². The Morgan fingerprint density at radius 1 is 1.31 bits per heavy atom. The first kappa shape index (κ1) is 8.56. The molecule has 68 valence electrons. The standard InChI is InChI=1S/C9H8FNOS/c10-7-8(12)11-9(13-7)6-4-2-1-3-5-6/h1-5,7,9H,(H,11,12)/t7-,9-/m1/s1. The molecule has 1 saturated heterocycles. The number of carbonyl (C=O) groups is 1. The maximum absolute atomic E-state index is 12.8. The van der Waals surface area contributed by atoms with E-state index in [0.29, 0.717) is 0 Å². The highest BCUT2D eigenvalue weighted by Gasteiger charge is 2.33. The minimum atomic E-state index is -1.43. The molecule has 0 bridgehead atoms. The average Bonchev–Trinajstić information content (AvgIpc) is 2.49. The van der Waals surface area contributed by atoms with Gasteiger partial charge in [-0.25, -0.2) is 4.39 Å². The summed E-state index contributed by atoms with van der Waals surface area (Å²) in [4.78, 5) is 10.9. The first-order chi connectivity index (χ1) is 6.27. The fourth-order valence-corrected chi connectivity index (χ4v) is 2.13. The topological polar surface area (TPSA) is 29.1 Å². The van der Waals surface area contributed by atoms with Crippen molar-refractivity contribution < 1.29 is 9.18 Å². The molecule has 0 radical (unpaired) electrons. The minimum absolute atomic E-state index is 0.233. The molecule has 0 spiro atoms. The summed E-state index contributed by atoms with van der Waals surface area (Å²) in [5.41, 5.74) is -0.494. The molecule has 1 amide bonds. The monoisotopic (exact) mass is 197 g/mol. The van der Waals surface area contributed by atoms with Crippen LogP contribution in [0.1, 0.15) is 10.9 Å². The van der Waals surface area contributed by atoms with Crippen LogP contribution in [0.5, 0.6) is 0 Å². The number of hydrogen-bond acceptors (Lipinski definition) is 2. The fourth-order valence-electron chi connectivity index (χ4n) is 1.20. The van der Waals surface area contributed by atoms with Gasteiger partial charge in [-0.3, -0.25) is 4.79 Å². The second-order valence-corrected chi connectivity index (χ2v) is 3.91. The van der Waals surface area contributed by atoms with Crippen LogP contribution in [0, 0.1) is 0 Å². The third kappa shape index (κ3) is 1.67. The Labute approximate surface area is 79.5 Å². The van der Waals surface area contributed by atoms with Crippen LogP contribution in [0.3, 0.4) is 0 Å². The number of rotatable bonds is 1. The van der Waals surface area contributed by atoms with Crippen LogP contribution in [0.2, 0.25) is 0 Å². The summed E-state index contributed by atoms with van der Waals surface area (Å²) in [5, 5.41) is 2.34. The molecule has 0 saturated carbocycles. The molecule has 0 aliphatic carbocycles. The van der Waals surface area contributed by atoms with Crippen LogP contribution < -0.4 is 5.32 Å². The first-order valence-corrected chi connectivity index (χ1v) is 4.86. The van der Waals surface area contributed by atoms with Gasteiger partial charge in [-0.1, -0.05) is 42.1 Å². The zero-order chi connectivity index (χ0) is 9.26. The third-order valence-electron chi connectivity index (χ3n) is 1.84. The summed E-state index contributed by atoms with van der Waals surface area (Å²) in [7, 11) is 0. The van der Waals surface area contributed by atoms with E-state index in [0.717, 1.165) is 17.3 Å². The largest absolute Gasteiger partial charge is 0.337 e. The van der Waals surface area contributed by atoms with Gasteiger partial charge in [0.2, 0.25) is 5.50 Å². The molecule has 2 nitrogen and oxygen atoms in total. The molecule has 0 aromatic heterocycles. The van der Waals surface area contributed by atoms with E-state index in [2.05, 4.69) is 5.32 Å². The summed E-state index contributed by atoms with van der Waals surface area (Å²) in [5.74, 6) is -0.529. The van der Waals surface area contributed by atoms with Crippen LogP contribution >= 0.6 is 11.8 Å². The summed E-state index contributed by atoms with van der Waals surface area (Å²) >= 11 is 0.999. The van der Waals surface area contributed by atoms with Crippen molar-refractivity contribution in [3.8, 4) is 0 Å². The van der Waals surface area contributed by atoms with Gasteiger partial charge in [-0.2, -0.15) is 0 Å². The highest BCUT2D eigenvalue weighted by atomic mass is 32.2. The van der Waals surface area contributed by atoms with Crippen molar-refractivity contribution in [1.82, 2.24) is 5.32 Å². The maximum atomic E-state index is 12.8. The van der Waals surface area contributed by atoms with Gasteiger partial charge in [-0.15, -0.1) is 0 Å². The van der Waals surface area contributed by atoms with E-state index in [9.17, 15) is 9.18 Å². The average molecular weight is 197 g/mol. The van der Waals surface area contributed by atoms with Crippen LogP contribution in [-0.2, 0) is 4.79 Å². The van der Waals surface area contributed by atoms with Crippen molar-refractivity contribution in [2.24, 2.45) is 0 Å². The van der Waals surface area contributed by atoms with Gasteiger partial charge in [0.25, 0.3) is 5.91 Å².